The van der Waals surface area contributed by atoms with Gasteiger partial charge in [0, 0.05) is 25.5 Å². The number of rotatable bonds is 6. The number of nitrogens with one attached hydrogen (secondary N) is 2. The van der Waals surface area contributed by atoms with Gasteiger partial charge in [-0.1, -0.05) is 41.0 Å². The van der Waals surface area contributed by atoms with Crippen molar-refractivity contribution in [2.24, 2.45) is 23.2 Å². The minimum absolute atomic E-state index is 0.0296. The third-order valence-electron chi connectivity index (χ3n) is 6.47. The Morgan fingerprint density at radius 3 is 2.23 bits per heavy atom. The standard InChI is InChI=1S/C23H35N5O3/c1-14(2)18(26-20(29)17-11-24-9-10-25-17)21(30)27-19(23(3,4)5)22(31)28-12-15-7-6-8-16(15)13-28/h9-11,14-16,18-19H,6-8,12-13H2,1-5H3,(H,26,29)(H,27,30)/t15-,16+,18-,19-/m1/s1. The van der Waals surface area contributed by atoms with Crippen molar-refractivity contribution in [2.75, 3.05) is 13.1 Å². The average Bonchev–Trinajstić information content (AvgIpc) is 3.31. The lowest BCUT2D eigenvalue weighted by Crippen LogP contribution is -2.59. The normalized spacial score (nSPS) is 22.7. The third-order valence-corrected chi connectivity index (χ3v) is 6.47. The largest absolute Gasteiger partial charge is 0.342 e. The van der Waals surface area contributed by atoms with E-state index in [4.69, 9.17) is 0 Å². The van der Waals surface area contributed by atoms with Gasteiger partial charge in [-0.25, -0.2) is 4.98 Å². The highest BCUT2D eigenvalue weighted by atomic mass is 16.2. The molecule has 2 fully saturated rings. The van der Waals surface area contributed by atoms with Gasteiger partial charge in [0.25, 0.3) is 5.91 Å². The van der Waals surface area contributed by atoms with Crippen LogP contribution >= 0.6 is 0 Å². The van der Waals surface area contributed by atoms with Gasteiger partial charge in [-0.15, -0.1) is 0 Å². The summed E-state index contributed by atoms with van der Waals surface area (Å²) in [5.74, 6) is 0.165. The zero-order valence-electron chi connectivity index (χ0n) is 19.2. The quantitative estimate of drug-likeness (QED) is 0.720. The third kappa shape index (κ3) is 5.40. The molecule has 1 saturated heterocycles. The second-order valence-corrected chi connectivity index (χ2v) is 10.3. The fraction of sp³-hybridized carbons (Fsp3) is 0.696. The number of carbonyl (C=O) groups excluding carboxylic acids is 3. The molecule has 1 aromatic rings. The van der Waals surface area contributed by atoms with Gasteiger partial charge in [-0.05, 0) is 36.0 Å². The lowest BCUT2D eigenvalue weighted by atomic mass is 9.85. The van der Waals surface area contributed by atoms with Crippen molar-refractivity contribution in [1.29, 1.82) is 0 Å². The highest BCUT2D eigenvalue weighted by Gasteiger charge is 2.43. The first-order chi connectivity index (χ1) is 14.6. The van der Waals surface area contributed by atoms with Crippen molar-refractivity contribution < 1.29 is 14.4 Å². The summed E-state index contributed by atoms with van der Waals surface area (Å²) in [6.45, 7) is 11.1. The molecule has 4 atom stereocenters. The summed E-state index contributed by atoms with van der Waals surface area (Å²) in [7, 11) is 0. The Bertz CT molecular complexity index is 793. The van der Waals surface area contributed by atoms with E-state index in [1.807, 2.05) is 39.5 Å². The van der Waals surface area contributed by atoms with Gasteiger partial charge in [0.15, 0.2) is 0 Å². The first kappa shape index (κ1) is 23.2. The maximum atomic E-state index is 13.4. The highest BCUT2D eigenvalue weighted by molar-refractivity contribution is 5.97. The average molecular weight is 430 g/mol. The molecule has 8 nitrogen and oxygen atoms in total. The summed E-state index contributed by atoms with van der Waals surface area (Å²) in [6.07, 6.45) is 7.89. The SMILES string of the molecule is CC(C)[C@@H](NC(=O)c1cnccn1)C(=O)N[C@H](C(=O)N1C[C@H]2CCC[C@H]2C1)C(C)(C)C. The van der Waals surface area contributed by atoms with Crippen molar-refractivity contribution in [3.8, 4) is 0 Å². The molecule has 1 aliphatic carbocycles. The lowest BCUT2D eigenvalue weighted by molar-refractivity contribution is -0.139. The van der Waals surface area contributed by atoms with Crippen LogP contribution in [0.5, 0.6) is 0 Å². The van der Waals surface area contributed by atoms with E-state index in [9.17, 15) is 14.4 Å². The van der Waals surface area contributed by atoms with Crippen LogP contribution in [0.4, 0.5) is 0 Å². The maximum Gasteiger partial charge on any atom is 0.272 e. The van der Waals surface area contributed by atoms with E-state index in [1.54, 1.807) is 0 Å². The summed E-state index contributed by atoms with van der Waals surface area (Å²) >= 11 is 0. The molecule has 170 valence electrons. The van der Waals surface area contributed by atoms with Crippen molar-refractivity contribution in [2.45, 2.75) is 66.0 Å². The van der Waals surface area contributed by atoms with E-state index in [-0.39, 0.29) is 23.4 Å². The van der Waals surface area contributed by atoms with E-state index < -0.39 is 23.4 Å². The number of nitrogens with zero attached hydrogens (tertiary/aromatic N) is 3. The van der Waals surface area contributed by atoms with Crippen molar-refractivity contribution >= 4 is 17.7 Å². The molecule has 0 aromatic carbocycles. The first-order valence-electron chi connectivity index (χ1n) is 11.2. The van der Waals surface area contributed by atoms with Gasteiger partial charge in [-0.2, -0.15) is 0 Å². The van der Waals surface area contributed by atoms with E-state index in [1.165, 1.54) is 37.9 Å². The molecule has 3 rings (SSSR count). The van der Waals surface area contributed by atoms with E-state index >= 15 is 0 Å². The number of hydrogen-bond acceptors (Lipinski definition) is 5. The molecule has 0 bridgehead atoms. The Morgan fingerprint density at radius 1 is 1.06 bits per heavy atom. The fourth-order valence-electron chi connectivity index (χ4n) is 4.64. The number of aromatic nitrogens is 2. The minimum Gasteiger partial charge on any atom is -0.342 e. The molecule has 1 saturated carbocycles. The summed E-state index contributed by atoms with van der Waals surface area (Å²) in [4.78, 5) is 48.9. The molecular formula is C23H35N5O3. The molecule has 8 heteroatoms. The molecule has 0 unspecified atom stereocenters. The van der Waals surface area contributed by atoms with Crippen molar-refractivity contribution in [3.63, 3.8) is 0 Å². The van der Waals surface area contributed by atoms with Crippen LogP contribution in [-0.4, -0.2) is 57.8 Å². The predicted octanol–water partition coefficient (Wildman–Crippen LogP) is 2.02. The smallest absolute Gasteiger partial charge is 0.272 e. The fourth-order valence-corrected chi connectivity index (χ4v) is 4.64. The monoisotopic (exact) mass is 429 g/mol. The molecule has 0 radical (unpaired) electrons. The molecule has 1 aromatic heterocycles. The second kappa shape index (κ2) is 9.32. The van der Waals surface area contributed by atoms with E-state index in [0.717, 1.165) is 13.1 Å². The van der Waals surface area contributed by atoms with Crippen LogP contribution in [0, 0.1) is 23.2 Å². The molecule has 0 spiro atoms. The van der Waals surface area contributed by atoms with Crippen LogP contribution in [-0.2, 0) is 9.59 Å². The molecule has 31 heavy (non-hydrogen) atoms. The summed E-state index contributed by atoms with van der Waals surface area (Å²) < 4.78 is 0. The van der Waals surface area contributed by atoms with Crippen LogP contribution in [0.1, 0.15) is 64.4 Å². The van der Waals surface area contributed by atoms with Crippen molar-refractivity contribution in [1.82, 2.24) is 25.5 Å². The van der Waals surface area contributed by atoms with Crippen LogP contribution in [0.3, 0.4) is 0 Å². The van der Waals surface area contributed by atoms with Gasteiger partial charge < -0.3 is 15.5 Å². The van der Waals surface area contributed by atoms with Crippen LogP contribution in [0.15, 0.2) is 18.6 Å². The van der Waals surface area contributed by atoms with Gasteiger partial charge in [0.1, 0.15) is 17.8 Å². The second-order valence-electron chi connectivity index (χ2n) is 10.3. The summed E-state index contributed by atoms with van der Waals surface area (Å²) in [6, 6.07) is -1.45. The molecule has 2 aliphatic rings. The van der Waals surface area contributed by atoms with Crippen molar-refractivity contribution in [3.05, 3.63) is 24.3 Å². The van der Waals surface area contributed by atoms with E-state index in [0.29, 0.717) is 11.8 Å². The van der Waals surface area contributed by atoms with Gasteiger partial charge in [-0.3, -0.25) is 19.4 Å². The molecule has 1 aliphatic heterocycles. The Hall–Kier alpha value is -2.51. The van der Waals surface area contributed by atoms with Crippen LogP contribution in [0.2, 0.25) is 0 Å². The van der Waals surface area contributed by atoms with Gasteiger partial charge in [0.2, 0.25) is 11.8 Å². The van der Waals surface area contributed by atoms with Crippen LogP contribution in [0.25, 0.3) is 0 Å². The number of hydrogen-bond donors (Lipinski definition) is 2. The zero-order chi connectivity index (χ0) is 22.8. The van der Waals surface area contributed by atoms with E-state index in [2.05, 4.69) is 20.6 Å². The molecular weight excluding hydrogens is 394 g/mol. The van der Waals surface area contributed by atoms with Gasteiger partial charge in [0.05, 0.1) is 6.20 Å². The Labute approximate surface area is 184 Å². The highest BCUT2D eigenvalue weighted by Crippen LogP contribution is 2.38. The number of carbonyl (C=O) groups is 3. The zero-order valence-corrected chi connectivity index (χ0v) is 19.2. The topological polar surface area (TPSA) is 104 Å². The Balaban J connectivity index is 1.71. The minimum atomic E-state index is -0.787. The maximum absolute atomic E-state index is 13.4. The molecule has 2 heterocycles. The number of likely N-dealkylation sites (tertiary alicyclic amines) is 1. The molecule has 3 amide bonds. The molecule has 2 N–H and O–H groups in total. The Morgan fingerprint density at radius 2 is 1.71 bits per heavy atom. The number of amides is 3. The summed E-state index contributed by atoms with van der Waals surface area (Å²) in [5.41, 5.74) is -0.311. The van der Waals surface area contributed by atoms with Crippen LogP contribution < -0.4 is 10.6 Å². The lowest BCUT2D eigenvalue weighted by Gasteiger charge is -2.35. The van der Waals surface area contributed by atoms with Gasteiger partial charge >= 0.3 is 0 Å². The Kier molecular flexibility index (Phi) is 6.96. The number of fused-ring (bicyclic) bond motifs is 1. The summed E-state index contributed by atoms with van der Waals surface area (Å²) in [5, 5.41) is 5.71. The predicted molar refractivity (Wildman–Crippen MR) is 117 cm³/mol. The first-order valence-corrected chi connectivity index (χ1v) is 11.2.